The Morgan fingerprint density at radius 2 is 1.65 bits per heavy atom. The Hall–Kier alpha value is -2.43. The van der Waals surface area contributed by atoms with Gasteiger partial charge in [0, 0.05) is 18.8 Å². The maximum Gasteiger partial charge on any atom is 0.203 e. The fourth-order valence-corrected chi connectivity index (χ4v) is 2.48. The molecule has 0 fully saturated rings. The molecule has 0 unspecified atom stereocenters. The summed E-state index contributed by atoms with van der Waals surface area (Å²) in [5, 5.41) is 0. The second kappa shape index (κ2) is 7.72. The minimum Gasteiger partial charge on any atom is -0.493 e. The first kappa shape index (κ1) is 16.9. The van der Waals surface area contributed by atoms with Gasteiger partial charge in [-0.2, -0.15) is 0 Å². The number of hydrogen-bond acceptors (Lipinski definition) is 5. The molecule has 2 aromatic rings. The fraction of sp³-hybridized carbons (Fsp3) is 0.389. The van der Waals surface area contributed by atoms with E-state index in [2.05, 4.69) is 23.7 Å². The van der Waals surface area contributed by atoms with Crippen LogP contribution in [0.4, 0.5) is 5.82 Å². The van der Waals surface area contributed by atoms with Gasteiger partial charge in [0.1, 0.15) is 5.82 Å². The number of aromatic nitrogens is 1. The highest BCUT2D eigenvalue weighted by Gasteiger charge is 2.17. The first-order valence-corrected chi connectivity index (χ1v) is 7.57. The van der Waals surface area contributed by atoms with Gasteiger partial charge in [0.05, 0.1) is 21.3 Å². The third kappa shape index (κ3) is 3.86. The maximum absolute atomic E-state index is 5.43. The summed E-state index contributed by atoms with van der Waals surface area (Å²) < 4.78 is 16.2. The van der Waals surface area contributed by atoms with Crippen LogP contribution in [0.5, 0.6) is 17.2 Å². The first-order chi connectivity index (χ1) is 11.1. The van der Waals surface area contributed by atoms with Gasteiger partial charge < -0.3 is 19.1 Å². The molecule has 1 aromatic carbocycles. The lowest BCUT2D eigenvalue weighted by Gasteiger charge is -2.28. The molecule has 0 N–H and O–H groups in total. The molecule has 5 nitrogen and oxygen atoms in total. The molecule has 0 atom stereocenters. The van der Waals surface area contributed by atoms with Crippen molar-refractivity contribution in [1.29, 1.82) is 0 Å². The molecule has 0 saturated carbocycles. The third-order valence-corrected chi connectivity index (χ3v) is 3.64. The largest absolute Gasteiger partial charge is 0.493 e. The van der Waals surface area contributed by atoms with Gasteiger partial charge in [0.15, 0.2) is 11.5 Å². The van der Waals surface area contributed by atoms with Crippen molar-refractivity contribution < 1.29 is 14.2 Å². The van der Waals surface area contributed by atoms with E-state index in [0.717, 1.165) is 11.4 Å². The smallest absolute Gasteiger partial charge is 0.203 e. The summed E-state index contributed by atoms with van der Waals surface area (Å²) in [5.41, 5.74) is 1.07. The second-order valence-corrected chi connectivity index (χ2v) is 5.44. The predicted octanol–water partition coefficient (Wildman–Crippen LogP) is 3.52. The molecule has 0 amide bonds. The number of methoxy groups -OCH3 is 3. The summed E-state index contributed by atoms with van der Waals surface area (Å²) in [6.45, 7) is 4.99. The van der Waals surface area contributed by atoms with Crippen LogP contribution in [0.3, 0.4) is 0 Å². The number of hydrogen-bond donors (Lipinski definition) is 0. The highest BCUT2D eigenvalue weighted by atomic mass is 16.5. The van der Waals surface area contributed by atoms with Gasteiger partial charge in [-0.25, -0.2) is 4.98 Å². The summed E-state index contributed by atoms with van der Waals surface area (Å²) in [4.78, 5) is 6.68. The summed E-state index contributed by atoms with van der Waals surface area (Å²) in [5.74, 6) is 2.86. The molecular formula is C18H24N2O3. The SMILES string of the molecule is COc1cc(CN(c2ccccn2)C(C)C)cc(OC)c1OC. The van der Waals surface area contributed by atoms with E-state index in [-0.39, 0.29) is 0 Å². The van der Waals surface area contributed by atoms with E-state index in [1.807, 2.05) is 30.3 Å². The van der Waals surface area contributed by atoms with Crippen LogP contribution in [0.25, 0.3) is 0 Å². The lowest BCUT2D eigenvalue weighted by Crippen LogP contribution is -2.30. The van der Waals surface area contributed by atoms with E-state index in [1.165, 1.54) is 0 Å². The Morgan fingerprint density at radius 1 is 1.00 bits per heavy atom. The van der Waals surface area contributed by atoms with Gasteiger partial charge in [-0.3, -0.25) is 0 Å². The number of rotatable bonds is 7. The molecule has 0 aliphatic rings. The number of pyridine rings is 1. The Bertz CT molecular complexity index is 604. The molecule has 0 radical (unpaired) electrons. The van der Waals surface area contributed by atoms with Crippen molar-refractivity contribution in [2.75, 3.05) is 26.2 Å². The molecule has 0 bridgehead atoms. The maximum atomic E-state index is 5.43. The Labute approximate surface area is 137 Å². The number of anilines is 1. The summed E-state index contributed by atoms with van der Waals surface area (Å²) in [6, 6.07) is 10.2. The Morgan fingerprint density at radius 3 is 2.09 bits per heavy atom. The molecule has 0 saturated heterocycles. The Balaban J connectivity index is 2.37. The molecule has 0 aliphatic carbocycles. The normalized spacial score (nSPS) is 10.5. The predicted molar refractivity (Wildman–Crippen MR) is 91.7 cm³/mol. The van der Waals surface area contributed by atoms with Crippen molar-refractivity contribution in [3.05, 3.63) is 42.1 Å². The first-order valence-electron chi connectivity index (χ1n) is 7.57. The molecule has 1 aromatic heterocycles. The van der Waals surface area contributed by atoms with Crippen LogP contribution in [0.15, 0.2) is 36.5 Å². The van der Waals surface area contributed by atoms with Crippen molar-refractivity contribution in [1.82, 2.24) is 4.98 Å². The average Bonchev–Trinajstić information content (AvgIpc) is 2.59. The quantitative estimate of drug-likeness (QED) is 0.782. The van der Waals surface area contributed by atoms with Gasteiger partial charge in [-0.15, -0.1) is 0 Å². The van der Waals surface area contributed by atoms with Crippen LogP contribution in [0, 0.1) is 0 Å². The monoisotopic (exact) mass is 316 g/mol. The zero-order valence-corrected chi connectivity index (χ0v) is 14.4. The average molecular weight is 316 g/mol. The molecule has 5 heteroatoms. The third-order valence-electron chi connectivity index (χ3n) is 3.64. The minimum absolute atomic E-state index is 0.309. The molecular weight excluding hydrogens is 292 g/mol. The lowest BCUT2D eigenvalue weighted by molar-refractivity contribution is 0.323. The van der Waals surface area contributed by atoms with Crippen LogP contribution in [0.1, 0.15) is 19.4 Å². The van der Waals surface area contributed by atoms with E-state index >= 15 is 0 Å². The zero-order valence-electron chi connectivity index (χ0n) is 14.4. The molecule has 0 aliphatic heterocycles. The van der Waals surface area contributed by atoms with E-state index in [0.29, 0.717) is 29.8 Å². The zero-order chi connectivity index (χ0) is 16.8. The number of benzene rings is 1. The van der Waals surface area contributed by atoms with Crippen LogP contribution >= 0.6 is 0 Å². The van der Waals surface area contributed by atoms with Crippen molar-refractivity contribution >= 4 is 5.82 Å². The topological polar surface area (TPSA) is 43.8 Å². The number of nitrogens with zero attached hydrogens (tertiary/aromatic N) is 2. The van der Waals surface area contributed by atoms with Gasteiger partial charge in [-0.05, 0) is 43.7 Å². The minimum atomic E-state index is 0.309. The van der Waals surface area contributed by atoms with Crippen molar-refractivity contribution in [3.8, 4) is 17.2 Å². The summed E-state index contributed by atoms with van der Waals surface area (Å²) in [6.07, 6.45) is 1.81. The molecule has 0 spiro atoms. The van der Waals surface area contributed by atoms with Crippen LogP contribution < -0.4 is 19.1 Å². The van der Waals surface area contributed by atoms with Gasteiger partial charge in [0.2, 0.25) is 5.75 Å². The highest BCUT2D eigenvalue weighted by Crippen LogP contribution is 2.38. The van der Waals surface area contributed by atoms with E-state index in [9.17, 15) is 0 Å². The molecule has 124 valence electrons. The molecule has 1 heterocycles. The van der Waals surface area contributed by atoms with Crippen molar-refractivity contribution in [2.24, 2.45) is 0 Å². The van der Waals surface area contributed by atoms with Crippen LogP contribution in [-0.4, -0.2) is 32.4 Å². The Kier molecular flexibility index (Phi) is 5.68. The van der Waals surface area contributed by atoms with Gasteiger partial charge in [0.25, 0.3) is 0 Å². The standard InChI is InChI=1S/C18H24N2O3/c1-13(2)20(17-8-6-7-9-19-17)12-14-10-15(21-3)18(23-5)16(11-14)22-4/h6-11,13H,12H2,1-5H3. The summed E-state index contributed by atoms with van der Waals surface area (Å²) >= 11 is 0. The fourth-order valence-electron chi connectivity index (χ4n) is 2.48. The van der Waals surface area contributed by atoms with Crippen LogP contribution in [-0.2, 0) is 6.54 Å². The second-order valence-electron chi connectivity index (χ2n) is 5.44. The highest BCUT2D eigenvalue weighted by molar-refractivity contribution is 5.54. The van der Waals surface area contributed by atoms with E-state index < -0.39 is 0 Å². The van der Waals surface area contributed by atoms with Gasteiger partial charge >= 0.3 is 0 Å². The van der Waals surface area contributed by atoms with Crippen molar-refractivity contribution in [3.63, 3.8) is 0 Å². The number of ether oxygens (including phenoxy) is 3. The van der Waals surface area contributed by atoms with Crippen LogP contribution in [0.2, 0.25) is 0 Å². The van der Waals surface area contributed by atoms with E-state index in [4.69, 9.17) is 14.2 Å². The summed E-state index contributed by atoms with van der Waals surface area (Å²) in [7, 11) is 4.86. The van der Waals surface area contributed by atoms with E-state index in [1.54, 1.807) is 27.5 Å². The lowest BCUT2D eigenvalue weighted by atomic mass is 10.1. The molecule has 2 rings (SSSR count). The van der Waals surface area contributed by atoms with Crippen molar-refractivity contribution in [2.45, 2.75) is 26.4 Å². The van der Waals surface area contributed by atoms with Gasteiger partial charge in [-0.1, -0.05) is 6.07 Å². The molecule has 23 heavy (non-hydrogen) atoms.